The third-order valence-corrected chi connectivity index (χ3v) is 5.51. The summed E-state index contributed by atoms with van der Waals surface area (Å²) < 4.78 is 38.7. The minimum Gasteiger partial charge on any atom is -0.371 e. The lowest BCUT2D eigenvalue weighted by atomic mass is 10.1. The number of benzene rings is 1. The number of amides is 1. The van der Waals surface area contributed by atoms with E-state index in [1.807, 2.05) is 11.4 Å². The minimum atomic E-state index is -4.82. The molecule has 2 aromatic rings. The third kappa shape index (κ3) is 4.16. The van der Waals surface area contributed by atoms with Gasteiger partial charge in [-0.25, -0.2) is 0 Å². The van der Waals surface area contributed by atoms with Crippen molar-refractivity contribution in [2.24, 2.45) is 0 Å². The monoisotopic (exact) mass is 419 g/mol. The van der Waals surface area contributed by atoms with Gasteiger partial charge in [0, 0.05) is 24.0 Å². The molecule has 1 N–H and O–H groups in total. The second-order valence-electron chi connectivity index (χ2n) is 5.89. The van der Waals surface area contributed by atoms with Gasteiger partial charge in [-0.1, -0.05) is 11.6 Å². The molecule has 1 aliphatic rings. The van der Waals surface area contributed by atoms with Crippen LogP contribution in [0.3, 0.4) is 0 Å². The molecule has 1 aromatic carbocycles. The van der Waals surface area contributed by atoms with Gasteiger partial charge in [-0.05, 0) is 29.5 Å². The van der Waals surface area contributed by atoms with Crippen LogP contribution in [0.2, 0.25) is 5.02 Å². The predicted octanol–water partition coefficient (Wildman–Crippen LogP) is 4.33. The fourth-order valence-electron chi connectivity index (χ4n) is 2.82. The Morgan fingerprint density at radius 1 is 1.41 bits per heavy atom. The van der Waals surface area contributed by atoms with E-state index in [0.717, 1.165) is 18.1 Å². The highest BCUT2D eigenvalue weighted by Crippen LogP contribution is 2.40. The Morgan fingerprint density at radius 2 is 2.15 bits per heavy atom. The van der Waals surface area contributed by atoms with E-state index in [2.05, 4.69) is 5.32 Å². The maximum absolute atomic E-state index is 12.9. The van der Waals surface area contributed by atoms with Crippen molar-refractivity contribution in [1.29, 1.82) is 0 Å². The lowest BCUT2D eigenvalue weighted by Crippen LogP contribution is -2.38. The Balaban J connectivity index is 1.75. The molecule has 1 amide bonds. The van der Waals surface area contributed by atoms with Gasteiger partial charge in [-0.15, -0.1) is 11.3 Å². The summed E-state index contributed by atoms with van der Waals surface area (Å²) >= 11 is 7.25. The number of hydrogen-bond donors (Lipinski definition) is 1. The zero-order valence-corrected chi connectivity index (χ0v) is 15.2. The molecule has 0 saturated heterocycles. The Kier molecular flexibility index (Phi) is 5.29. The normalized spacial score (nSPS) is 14.0. The first kappa shape index (κ1) is 19.4. The van der Waals surface area contributed by atoms with Crippen molar-refractivity contribution in [1.82, 2.24) is 4.90 Å². The maximum Gasteiger partial charge on any atom is 0.418 e. The lowest BCUT2D eigenvalue weighted by Gasteiger charge is -2.27. The molecule has 0 spiro atoms. The molecule has 0 bridgehead atoms. The first-order valence-corrected chi connectivity index (χ1v) is 9.04. The Bertz CT molecular complexity index is 901. The number of halogens is 4. The number of rotatable bonds is 4. The quantitative estimate of drug-likeness (QED) is 0.591. The van der Waals surface area contributed by atoms with E-state index in [4.69, 9.17) is 11.6 Å². The summed E-state index contributed by atoms with van der Waals surface area (Å²) in [5.74, 6) is -0.308. The molecule has 11 heteroatoms. The molecule has 27 heavy (non-hydrogen) atoms. The molecule has 3 rings (SSSR count). The van der Waals surface area contributed by atoms with Crippen LogP contribution in [0.4, 0.5) is 24.5 Å². The number of nitrogens with zero attached hydrogens (tertiary/aromatic N) is 2. The van der Waals surface area contributed by atoms with E-state index in [0.29, 0.717) is 19.2 Å². The van der Waals surface area contributed by atoms with Crippen LogP contribution in [0.5, 0.6) is 0 Å². The fourth-order valence-corrected chi connectivity index (χ4v) is 3.98. The van der Waals surface area contributed by atoms with Gasteiger partial charge in [-0.3, -0.25) is 14.9 Å². The second kappa shape index (κ2) is 7.35. The van der Waals surface area contributed by atoms with Gasteiger partial charge in [0.1, 0.15) is 5.69 Å². The van der Waals surface area contributed by atoms with Crippen LogP contribution in [0.25, 0.3) is 0 Å². The number of alkyl halides is 3. The number of carbonyl (C=O) groups is 1. The van der Waals surface area contributed by atoms with Gasteiger partial charge in [0.2, 0.25) is 5.91 Å². The topological polar surface area (TPSA) is 75.5 Å². The van der Waals surface area contributed by atoms with Crippen LogP contribution >= 0.6 is 22.9 Å². The zero-order chi connectivity index (χ0) is 19.8. The van der Waals surface area contributed by atoms with Gasteiger partial charge in [0.05, 0.1) is 22.1 Å². The maximum atomic E-state index is 12.9. The first-order valence-electron chi connectivity index (χ1n) is 7.79. The molecule has 0 atom stereocenters. The summed E-state index contributed by atoms with van der Waals surface area (Å²) in [4.78, 5) is 25.4. The summed E-state index contributed by atoms with van der Waals surface area (Å²) in [5.41, 5.74) is -1.27. The van der Waals surface area contributed by atoms with Crippen molar-refractivity contribution in [2.45, 2.75) is 19.1 Å². The van der Waals surface area contributed by atoms with E-state index >= 15 is 0 Å². The molecule has 0 unspecified atom stereocenters. The summed E-state index contributed by atoms with van der Waals surface area (Å²) in [5, 5.41) is 14.9. The number of nitrogens with one attached hydrogen (secondary N) is 1. The van der Waals surface area contributed by atoms with Crippen LogP contribution in [-0.2, 0) is 23.9 Å². The fraction of sp³-hybridized carbons (Fsp3) is 0.312. The average Bonchev–Trinajstić information content (AvgIpc) is 3.05. The number of thiophene rings is 1. The van der Waals surface area contributed by atoms with Crippen molar-refractivity contribution in [2.75, 3.05) is 18.4 Å². The van der Waals surface area contributed by atoms with E-state index in [-0.39, 0.29) is 18.1 Å². The van der Waals surface area contributed by atoms with Crippen LogP contribution in [0, 0.1) is 10.1 Å². The van der Waals surface area contributed by atoms with E-state index in [1.165, 1.54) is 4.88 Å². The second-order valence-corrected chi connectivity index (χ2v) is 7.30. The summed E-state index contributed by atoms with van der Waals surface area (Å²) in [6.07, 6.45) is -4.09. The molecule has 6 nitrogen and oxygen atoms in total. The molecular weight excluding hydrogens is 407 g/mol. The lowest BCUT2D eigenvalue weighted by molar-refractivity contribution is -0.384. The minimum absolute atomic E-state index is 0.236. The highest BCUT2D eigenvalue weighted by Gasteiger charge is 2.36. The highest BCUT2D eigenvalue weighted by molar-refractivity contribution is 7.10. The summed E-state index contributed by atoms with van der Waals surface area (Å²) in [7, 11) is 0. The zero-order valence-electron chi connectivity index (χ0n) is 13.7. The molecule has 0 fully saturated rings. The van der Waals surface area contributed by atoms with Crippen LogP contribution in [0.1, 0.15) is 16.0 Å². The largest absolute Gasteiger partial charge is 0.418 e. The molecule has 144 valence electrons. The van der Waals surface area contributed by atoms with Crippen LogP contribution < -0.4 is 5.32 Å². The Hall–Kier alpha value is -2.33. The molecule has 2 heterocycles. The van der Waals surface area contributed by atoms with Gasteiger partial charge >= 0.3 is 6.18 Å². The van der Waals surface area contributed by atoms with Crippen molar-refractivity contribution in [3.8, 4) is 0 Å². The number of hydrogen-bond acceptors (Lipinski definition) is 5. The van der Waals surface area contributed by atoms with E-state index < -0.39 is 27.4 Å². The molecule has 1 aliphatic heterocycles. The standard InChI is InChI=1S/C16H13ClF3N3O3S/c17-11-6-12(13(23(25)26)5-10(11)16(18,19)20)21-7-15(24)22-3-1-14-9(8-22)2-4-27-14/h2,4-6,21H,1,3,7-8H2. The molecule has 0 saturated carbocycles. The van der Waals surface area contributed by atoms with Gasteiger partial charge in [0.25, 0.3) is 5.69 Å². The van der Waals surface area contributed by atoms with E-state index in [9.17, 15) is 28.1 Å². The van der Waals surface area contributed by atoms with Crippen molar-refractivity contribution in [3.63, 3.8) is 0 Å². The Labute approximate surface area is 160 Å². The SMILES string of the molecule is O=C(CNc1cc(Cl)c(C(F)(F)F)cc1[N+](=O)[O-])N1CCc2sccc2C1. The number of anilines is 1. The van der Waals surface area contributed by atoms with Crippen molar-refractivity contribution >= 4 is 40.2 Å². The first-order chi connectivity index (χ1) is 12.7. The number of nitro groups is 1. The van der Waals surface area contributed by atoms with Gasteiger partial charge in [0.15, 0.2) is 0 Å². The van der Waals surface area contributed by atoms with Gasteiger partial charge in [-0.2, -0.15) is 13.2 Å². The molecule has 0 radical (unpaired) electrons. The number of carbonyl (C=O) groups excluding carboxylic acids is 1. The van der Waals surface area contributed by atoms with Crippen LogP contribution in [0.15, 0.2) is 23.6 Å². The Morgan fingerprint density at radius 3 is 2.81 bits per heavy atom. The summed E-state index contributed by atoms with van der Waals surface area (Å²) in [6.45, 7) is 0.668. The van der Waals surface area contributed by atoms with Crippen molar-refractivity contribution < 1.29 is 22.9 Å². The number of nitro benzene ring substituents is 1. The number of fused-ring (bicyclic) bond motifs is 1. The van der Waals surface area contributed by atoms with Gasteiger partial charge < -0.3 is 10.2 Å². The average molecular weight is 420 g/mol. The molecular formula is C16H13ClF3N3O3S. The molecule has 1 aromatic heterocycles. The van der Waals surface area contributed by atoms with Crippen molar-refractivity contribution in [3.05, 3.63) is 54.7 Å². The van der Waals surface area contributed by atoms with Crippen LogP contribution in [-0.4, -0.2) is 28.8 Å². The smallest absolute Gasteiger partial charge is 0.371 e. The third-order valence-electron chi connectivity index (χ3n) is 4.18. The van der Waals surface area contributed by atoms with E-state index in [1.54, 1.807) is 16.2 Å². The highest BCUT2D eigenvalue weighted by atomic mass is 35.5. The summed E-state index contributed by atoms with van der Waals surface area (Å²) in [6, 6.07) is 3.13. The predicted molar refractivity (Wildman–Crippen MR) is 95.0 cm³/mol. The molecule has 0 aliphatic carbocycles.